The maximum atomic E-state index is 11.8. The minimum atomic E-state index is -0.477. The van der Waals surface area contributed by atoms with Crippen LogP contribution >= 0.6 is 0 Å². The van der Waals surface area contributed by atoms with Gasteiger partial charge in [0, 0.05) is 12.6 Å². The second-order valence-corrected chi connectivity index (χ2v) is 4.05. The number of hydrogen-bond acceptors (Lipinski definition) is 5. The molecule has 0 radical (unpaired) electrons. The van der Waals surface area contributed by atoms with Crippen LogP contribution in [0.1, 0.15) is 0 Å². The number of rotatable bonds is 3. The predicted octanol–water partition coefficient (Wildman–Crippen LogP) is 1.80. The highest BCUT2D eigenvalue weighted by atomic mass is 16.6. The van der Waals surface area contributed by atoms with Crippen LogP contribution in [0.5, 0.6) is 11.5 Å². The Bertz CT molecular complexity index is 524. The predicted molar refractivity (Wildman–Crippen MR) is 67.3 cm³/mol. The molecule has 1 atom stereocenters. The molecule has 0 spiro atoms. The van der Waals surface area contributed by atoms with Gasteiger partial charge in [-0.15, -0.1) is 0 Å². The van der Waals surface area contributed by atoms with Gasteiger partial charge in [0.05, 0.1) is 31.9 Å². The molecule has 2 rings (SSSR count). The van der Waals surface area contributed by atoms with Crippen molar-refractivity contribution in [2.75, 3.05) is 32.3 Å². The van der Waals surface area contributed by atoms with E-state index in [0.29, 0.717) is 17.2 Å². The summed E-state index contributed by atoms with van der Waals surface area (Å²) in [5.74, 6) is 0.780. The first-order chi connectivity index (χ1) is 9.19. The summed E-state index contributed by atoms with van der Waals surface area (Å²) >= 11 is 0. The Morgan fingerprint density at radius 2 is 2.21 bits per heavy atom. The standard InChI is InChI=1S/C13H14N2O4/c1-17-10-3-4-11(12(5-10)18-2)15-7-9(6-14)8-19-13(15)16/h3-5,9H,7-8H2,1-2H3. The van der Waals surface area contributed by atoms with Gasteiger partial charge in [-0.1, -0.05) is 0 Å². The highest BCUT2D eigenvalue weighted by molar-refractivity contribution is 5.90. The fourth-order valence-electron chi connectivity index (χ4n) is 1.88. The second kappa shape index (κ2) is 5.48. The zero-order valence-electron chi connectivity index (χ0n) is 10.8. The van der Waals surface area contributed by atoms with E-state index in [1.54, 1.807) is 25.3 Å². The van der Waals surface area contributed by atoms with Crippen LogP contribution in [0.15, 0.2) is 18.2 Å². The summed E-state index contributed by atoms with van der Waals surface area (Å²) in [4.78, 5) is 13.2. The first-order valence-electron chi connectivity index (χ1n) is 5.75. The van der Waals surface area contributed by atoms with Gasteiger partial charge in [-0.25, -0.2) is 4.79 Å². The van der Waals surface area contributed by atoms with E-state index >= 15 is 0 Å². The molecular formula is C13H14N2O4. The molecule has 1 fully saturated rings. The Morgan fingerprint density at radius 3 is 2.84 bits per heavy atom. The second-order valence-electron chi connectivity index (χ2n) is 4.05. The molecule has 1 saturated heterocycles. The van der Waals surface area contributed by atoms with Gasteiger partial charge in [-0.3, -0.25) is 4.90 Å². The topological polar surface area (TPSA) is 71.8 Å². The van der Waals surface area contributed by atoms with Gasteiger partial charge in [0.25, 0.3) is 0 Å². The zero-order chi connectivity index (χ0) is 13.8. The van der Waals surface area contributed by atoms with Crippen LogP contribution in [0.25, 0.3) is 0 Å². The van der Waals surface area contributed by atoms with E-state index < -0.39 is 6.09 Å². The molecule has 0 aliphatic carbocycles. The van der Waals surface area contributed by atoms with Crippen molar-refractivity contribution >= 4 is 11.8 Å². The van der Waals surface area contributed by atoms with Crippen molar-refractivity contribution < 1.29 is 19.0 Å². The molecule has 6 nitrogen and oxygen atoms in total. The van der Waals surface area contributed by atoms with Crippen LogP contribution in [-0.2, 0) is 4.74 Å². The molecule has 1 aromatic rings. The van der Waals surface area contributed by atoms with Crippen LogP contribution in [0.2, 0.25) is 0 Å². The maximum absolute atomic E-state index is 11.8. The molecule has 1 heterocycles. The monoisotopic (exact) mass is 262 g/mol. The summed E-state index contributed by atoms with van der Waals surface area (Å²) in [5.41, 5.74) is 0.563. The zero-order valence-corrected chi connectivity index (χ0v) is 10.8. The van der Waals surface area contributed by atoms with Crippen LogP contribution in [0, 0.1) is 17.2 Å². The van der Waals surface area contributed by atoms with Crippen LogP contribution < -0.4 is 14.4 Å². The first-order valence-corrected chi connectivity index (χ1v) is 5.75. The van der Waals surface area contributed by atoms with Crippen molar-refractivity contribution in [3.05, 3.63) is 18.2 Å². The van der Waals surface area contributed by atoms with Crippen LogP contribution in [0.4, 0.5) is 10.5 Å². The smallest absolute Gasteiger partial charge is 0.414 e. The van der Waals surface area contributed by atoms with Crippen LogP contribution in [-0.4, -0.2) is 33.5 Å². The largest absolute Gasteiger partial charge is 0.497 e. The minimum Gasteiger partial charge on any atom is -0.497 e. The molecular weight excluding hydrogens is 248 g/mol. The van der Waals surface area contributed by atoms with E-state index in [1.807, 2.05) is 0 Å². The molecule has 0 aromatic heterocycles. The Hall–Kier alpha value is -2.42. The SMILES string of the molecule is COc1ccc(N2CC(C#N)COC2=O)c(OC)c1. The average molecular weight is 262 g/mol. The van der Waals surface area contributed by atoms with E-state index in [-0.39, 0.29) is 19.1 Å². The lowest BCUT2D eigenvalue weighted by Gasteiger charge is -2.30. The van der Waals surface area contributed by atoms with E-state index in [1.165, 1.54) is 12.0 Å². The van der Waals surface area contributed by atoms with Gasteiger partial charge in [-0.2, -0.15) is 5.26 Å². The van der Waals surface area contributed by atoms with Crippen molar-refractivity contribution in [2.45, 2.75) is 0 Å². The summed E-state index contributed by atoms with van der Waals surface area (Å²) in [6.07, 6.45) is -0.477. The molecule has 0 N–H and O–H groups in total. The number of methoxy groups -OCH3 is 2. The van der Waals surface area contributed by atoms with E-state index in [9.17, 15) is 4.79 Å². The van der Waals surface area contributed by atoms with Gasteiger partial charge in [0.1, 0.15) is 18.1 Å². The molecule has 0 saturated carbocycles. The third-order valence-electron chi connectivity index (χ3n) is 2.89. The number of carbonyl (C=O) groups is 1. The maximum Gasteiger partial charge on any atom is 0.414 e. The number of nitriles is 1. The quantitative estimate of drug-likeness (QED) is 0.830. The minimum absolute atomic E-state index is 0.129. The number of benzene rings is 1. The van der Waals surface area contributed by atoms with Gasteiger partial charge < -0.3 is 14.2 Å². The number of amides is 1. The van der Waals surface area contributed by atoms with Crippen LogP contribution in [0.3, 0.4) is 0 Å². The van der Waals surface area contributed by atoms with Gasteiger partial charge in [0.2, 0.25) is 0 Å². The molecule has 1 aromatic carbocycles. The third-order valence-corrected chi connectivity index (χ3v) is 2.89. The summed E-state index contributed by atoms with van der Waals surface area (Å²) in [5, 5.41) is 8.93. The average Bonchev–Trinajstić information content (AvgIpc) is 2.47. The lowest BCUT2D eigenvalue weighted by atomic mass is 10.1. The highest BCUT2D eigenvalue weighted by Crippen LogP contribution is 2.34. The molecule has 1 aliphatic rings. The Labute approximate surface area is 111 Å². The number of nitrogens with zero attached hydrogens (tertiary/aromatic N) is 2. The number of anilines is 1. The third kappa shape index (κ3) is 2.55. The Kier molecular flexibility index (Phi) is 3.76. The molecule has 1 aliphatic heterocycles. The number of cyclic esters (lactones) is 1. The fourth-order valence-corrected chi connectivity index (χ4v) is 1.88. The number of hydrogen-bond donors (Lipinski definition) is 0. The van der Waals surface area contributed by atoms with Gasteiger partial charge in [0.15, 0.2) is 0 Å². The Morgan fingerprint density at radius 1 is 1.42 bits per heavy atom. The van der Waals surface area contributed by atoms with Crippen molar-refractivity contribution in [3.63, 3.8) is 0 Å². The summed E-state index contributed by atoms with van der Waals surface area (Å²) in [6.45, 7) is 0.419. The van der Waals surface area contributed by atoms with Crippen molar-refractivity contribution in [1.82, 2.24) is 0 Å². The molecule has 6 heteroatoms. The molecule has 1 unspecified atom stereocenters. The number of carbonyl (C=O) groups excluding carboxylic acids is 1. The summed E-state index contributed by atoms with van der Waals surface area (Å²) in [7, 11) is 3.06. The molecule has 0 bridgehead atoms. The van der Waals surface area contributed by atoms with E-state index in [2.05, 4.69) is 6.07 Å². The van der Waals surface area contributed by atoms with Crippen molar-refractivity contribution in [1.29, 1.82) is 5.26 Å². The first kappa shape index (κ1) is 13.0. The van der Waals surface area contributed by atoms with E-state index in [0.717, 1.165) is 0 Å². The van der Waals surface area contributed by atoms with Gasteiger partial charge >= 0.3 is 6.09 Å². The molecule has 19 heavy (non-hydrogen) atoms. The van der Waals surface area contributed by atoms with Crippen molar-refractivity contribution in [3.8, 4) is 17.6 Å². The van der Waals surface area contributed by atoms with E-state index in [4.69, 9.17) is 19.5 Å². The lowest BCUT2D eigenvalue weighted by molar-refractivity contribution is 0.127. The lowest BCUT2D eigenvalue weighted by Crippen LogP contribution is -2.42. The number of ether oxygens (including phenoxy) is 3. The summed E-state index contributed by atoms with van der Waals surface area (Å²) < 4.78 is 15.3. The summed E-state index contributed by atoms with van der Waals surface area (Å²) in [6, 6.07) is 7.21. The van der Waals surface area contributed by atoms with Gasteiger partial charge in [-0.05, 0) is 12.1 Å². The normalized spacial score (nSPS) is 18.5. The molecule has 100 valence electrons. The Balaban J connectivity index is 2.34. The fraction of sp³-hybridized carbons (Fsp3) is 0.385. The van der Waals surface area contributed by atoms with Crippen molar-refractivity contribution in [2.24, 2.45) is 5.92 Å². The molecule has 1 amide bonds. The highest BCUT2D eigenvalue weighted by Gasteiger charge is 2.30.